The Morgan fingerprint density at radius 1 is 1.57 bits per heavy atom. The van der Waals surface area contributed by atoms with Gasteiger partial charge < -0.3 is 5.11 Å². The zero-order chi connectivity index (χ0) is 10.1. The summed E-state index contributed by atoms with van der Waals surface area (Å²) in [5.41, 5.74) is 2.62. The van der Waals surface area contributed by atoms with Crippen molar-refractivity contribution in [2.45, 2.75) is 6.92 Å². The van der Waals surface area contributed by atoms with E-state index in [2.05, 4.69) is 9.97 Å². The molecule has 2 heterocycles. The number of hydrogen-bond acceptors (Lipinski definition) is 4. The van der Waals surface area contributed by atoms with Crippen molar-refractivity contribution < 1.29 is 9.90 Å². The van der Waals surface area contributed by atoms with Gasteiger partial charge in [0.15, 0.2) is 5.69 Å². The van der Waals surface area contributed by atoms with Crippen molar-refractivity contribution in [1.29, 1.82) is 0 Å². The van der Waals surface area contributed by atoms with Gasteiger partial charge >= 0.3 is 5.97 Å². The molecule has 5 nitrogen and oxygen atoms in total. The molecule has 1 N–H and O–H groups in total. The molecule has 0 radical (unpaired) electrons. The van der Waals surface area contributed by atoms with E-state index in [1.54, 1.807) is 10.1 Å². The Morgan fingerprint density at radius 3 is 2.86 bits per heavy atom. The Balaban J connectivity index is 2.43. The Morgan fingerprint density at radius 2 is 2.36 bits per heavy atom. The van der Waals surface area contributed by atoms with Crippen LogP contribution in [0.1, 0.15) is 16.2 Å². The Kier molecular flexibility index (Phi) is 2.05. The number of carboxylic acid groups (broad SMARTS) is 1. The number of hydrogen-bond donors (Lipinski definition) is 1. The normalized spacial score (nSPS) is 10.4. The first-order valence-corrected chi connectivity index (χ1v) is 4.74. The molecule has 14 heavy (non-hydrogen) atoms. The van der Waals surface area contributed by atoms with Crippen LogP contribution in [0.3, 0.4) is 0 Å². The number of imidazole rings is 1. The van der Waals surface area contributed by atoms with Gasteiger partial charge in [0.1, 0.15) is 11.3 Å². The second-order valence-electron chi connectivity index (χ2n) is 2.71. The van der Waals surface area contributed by atoms with Crippen molar-refractivity contribution in [3.05, 3.63) is 29.4 Å². The number of carboxylic acids is 1. The molecule has 0 spiro atoms. The summed E-state index contributed by atoms with van der Waals surface area (Å²) in [6.07, 6.45) is 2.95. The van der Waals surface area contributed by atoms with Crippen molar-refractivity contribution in [3.63, 3.8) is 0 Å². The summed E-state index contributed by atoms with van der Waals surface area (Å²) in [5, 5.41) is 9.57. The van der Waals surface area contributed by atoms with Crippen LogP contribution >= 0.6 is 11.3 Å². The van der Waals surface area contributed by atoms with E-state index in [1.165, 1.54) is 23.9 Å². The number of thiazole rings is 1. The largest absolute Gasteiger partial charge is 0.476 e. The summed E-state index contributed by atoms with van der Waals surface area (Å²) in [6.45, 7) is 1.87. The van der Waals surface area contributed by atoms with Crippen LogP contribution in [-0.4, -0.2) is 25.6 Å². The van der Waals surface area contributed by atoms with Crippen molar-refractivity contribution in [1.82, 2.24) is 14.5 Å². The maximum atomic E-state index is 10.6. The van der Waals surface area contributed by atoms with E-state index in [1.807, 2.05) is 6.92 Å². The monoisotopic (exact) mass is 209 g/mol. The van der Waals surface area contributed by atoms with Gasteiger partial charge in [-0.3, -0.25) is 4.57 Å². The number of rotatable bonds is 2. The van der Waals surface area contributed by atoms with Crippen molar-refractivity contribution in [2.75, 3.05) is 0 Å². The predicted molar refractivity (Wildman–Crippen MR) is 50.9 cm³/mol. The van der Waals surface area contributed by atoms with E-state index >= 15 is 0 Å². The second-order valence-corrected chi connectivity index (χ2v) is 3.55. The molecule has 2 aromatic rings. The molecule has 72 valence electrons. The maximum absolute atomic E-state index is 10.6. The van der Waals surface area contributed by atoms with Gasteiger partial charge in [-0.15, -0.1) is 11.3 Å². The highest BCUT2D eigenvalue weighted by Crippen LogP contribution is 2.17. The molecule has 0 saturated heterocycles. The molecule has 2 rings (SSSR count). The van der Waals surface area contributed by atoms with Crippen LogP contribution in [0.25, 0.3) is 5.00 Å². The molecule has 0 aliphatic rings. The highest BCUT2D eigenvalue weighted by Gasteiger charge is 2.09. The van der Waals surface area contributed by atoms with Crippen LogP contribution in [0, 0.1) is 6.92 Å². The fraction of sp³-hybridized carbons (Fsp3) is 0.125. The Bertz CT molecular complexity index is 474. The van der Waals surface area contributed by atoms with Crippen LogP contribution < -0.4 is 0 Å². The minimum Gasteiger partial charge on any atom is -0.476 e. The van der Waals surface area contributed by atoms with Crippen molar-refractivity contribution in [3.8, 4) is 5.00 Å². The van der Waals surface area contributed by atoms with Gasteiger partial charge in [0.2, 0.25) is 0 Å². The van der Waals surface area contributed by atoms with E-state index in [-0.39, 0.29) is 5.69 Å². The molecule has 6 heteroatoms. The van der Waals surface area contributed by atoms with Crippen LogP contribution in [-0.2, 0) is 0 Å². The zero-order valence-electron chi connectivity index (χ0n) is 7.34. The van der Waals surface area contributed by atoms with E-state index in [9.17, 15) is 4.79 Å². The predicted octanol–water partition coefficient (Wildman–Crippen LogP) is 1.34. The zero-order valence-corrected chi connectivity index (χ0v) is 8.15. The van der Waals surface area contributed by atoms with Gasteiger partial charge in [-0.05, 0) is 6.92 Å². The fourth-order valence-electron chi connectivity index (χ4n) is 1.09. The number of aryl methyl sites for hydroxylation is 1. The highest BCUT2D eigenvalue weighted by molar-refractivity contribution is 7.12. The molecule has 2 aromatic heterocycles. The van der Waals surface area contributed by atoms with E-state index in [4.69, 9.17) is 5.11 Å². The first kappa shape index (κ1) is 8.89. The minimum atomic E-state index is -1.02. The van der Waals surface area contributed by atoms with E-state index in [0.717, 1.165) is 10.7 Å². The van der Waals surface area contributed by atoms with Gasteiger partial charge in [-0.2, -0.15) is 0 Å². The number of nitrogens with zero attached hydrogens (tertiary/aromatic N) is 3. The summed E-state index contributed by atoms with van der Waals surface area (Å²) in [5.74, 6) is -1.02. The summed E-state index contributed by atoms with van der Waals surface area (Å²) in [6, 6.07) is 0. The van der Waals surface area contributed by atoms with Gasteiger partial charge in [-0.1, -0.05) is 0 Å². The first-order chi connectivity index (χ1) is 6.68. The van der Waals surface area contributed by atoms with Crippen LogP contribution in [0.4, 0.5) is 0 Å². The first-order valence-electron chi connectivity index (χ1n) is 3.86. The fourth-order valence-corrected chi connectivity index (χ4v) is 1.84. The van der Waals surface area contributed by atoms with Crippen LogP contribution in [0.5, 0.6) is 0 Å². The molecule has 0 aliphatic heterocycles. The molecule has 0 saturated carbocycles. The standard InChI is InChI=1S/C8H7N3O2S/c1-5-7(14-4-10-5)11-2-6(8(12)13)9-3-11/h2-4H,1H3,(H,12,13). The molecular weight excluding hydrogens is 202 g/mol. The quantitative estimate of drug-likeness (QED) is 0.810. The van der Waals surface area contributed by atoms with E-state index in [0.29, 0.717) is 0 Å². The number of aromatic carboxylic acids is 1. The summed E-state index contributed by atoms with van der Waals surface area (Å²) < 4.78 is 1.66. The lowest BCUT2D eigenvalue weighted by Crippen LogP contribution is -1.95. The van der Waals surface area contributed by atoms with Gasteiger partial charge in [0, 0.05) is 6.20 Å². The summed E-state index contributed by atoms with van der Waals surface area (Å²) >= 11 is 1.45. The molecule has 0 bridgehead atoms. The van der Waals surface area contributed by atoms with Gasteiger partial charge in [0.25, 0.3) is 0 Å². The smallest absolute Gasteiger partial charge is 0.356 e. The average Bonchev–Trinajstić information content (AvgIpc) is 2.71. The van der Waals surface area contributed by atoms with Crippen LogP contribution in [0.15, 0.2) is 18.0 Å². The van der Waals surface area contributed by atoms with Crippen molar-refractivity contribution >= 4 is 17.3 Å². The maximum Gasteiger partial charge on any atom is 0.356 e. The third kappa shape index (κ3) is 1.39. The summed E-state index contributed by atoms with van der Waals surface area (Å²) in [7, 11) is 0. The third-order valence-corrected chi connectivity index (χ3v) is 2.70. The van der Waals surface area contributed by atoms with Crippen molar-refractivity contribution in [2.24, 2.45) is 0 Å². The lowest BCUT2D eigenvalue weighted by atomic mass is 10.5. The third-order valence-electron chi connectivity index (χ3n) is 1.76. The molecule has 0 unspecified atom stereocenters. The minimum absolute atomic E-state index is 0.0396. The lowest BCUT2D eigenvalue weighted by molar-refractivity contribution is 0.0691. The highest BCUT2D eigenvalue weighted by atomic mass is 32.1. The lowest BCUT2D eigenvalue weighted by Gasteiger charge is -1.96. The Hall–Kier alpha value is -1.69. The van der Waals surface area contributed by atoms with E-state index < -0.39 is 5.97 Å². The topological polar surface area (TPSA) is 68.0 Å². The molecule has 0 aliphatic carbocycles. The van der Waals surface area contributed by atoms with Gasteiger partial charge in [0.05, 0.1) is 11.2 Å². The number of carbonyl (C=O) groups is 1. The molecule has 0 aromatic carbocycles. The molecular formula is C8H7N3O2S. The number of aromatic nitrogens is 3. The average molecular weight is 209 g/mol. The summed E-state index contributed by atoms with van der Waals surface area (Å²) in [4.78, 5) is 18.4. The molecule has 0 atom stereocenters. The van der Waals surface area contributed by atoms with Crippen LogP contribution in [0.2, 0.25) is 0 Å². The SMILES string of the molecule is Cc1ncsc1-n1cnc(C(=O)O)c1. The molecule has 0 amide bonds. The second kappa shape index (κ2) is 3.22. The molecule has 0 fully saturated rings. The van der Waals surface area contributed by atoms with Gasteiger partial charge in [-0.25, -0.2) is 14.8 Å². The Labute approximate surface area is 83.7 Å².